The van der Waals surface area contributed by atoms with E-state index < -0.39 is 23.8 Å². The van der Waals surface area contributed by atoms with E-state index in [1.54, 1.807) is 25.7 Å². The Labute approximate surface area is 263 Å². The lowest BCUT2D eigenvalue weighted by molar-refractivity contribution is -0.141. The number of fused-ring (bicyclic) bond motifs is 1. The quantitative estimate of drug-likeness (QED) is 0.182. The number of alkyl carbamates (subject to hydrolysis) is 1. The van der Waals surface area contributed by atoms with E-state index in [0.29, 0.717) is 12.2 Å². The van der Waals surface area contributed by atoms with E-state index in [-0.39, 0.29) is 17.7 Å². The van der Waals surface area contributed by atoms with Crippen molar-refractivity contribution in [2.45, 2.75) is 105 Å². The lowest BCUT2D eigenvalue weighted by Gasteiger charge is -2.35. The van der Waals surface area contributed by atoms with Crippen LogP contribution in [-0.2, 0) is 20.7 Å². The van der Waals surface area contributed by atoms with Gasteiger partial charge in [-0.25, -0.2) is 4.79 Å². The zero-order chi connectivity index (χ0) is 32.3. The number of carbonyl (C=O) groups is 3. The van der Waals surface area contributed by atoms with Crippen LogP contribution in [0.15, 0.2) is 66.7 Å². The number of nitrogens with one attached hydrogen (secondary N) is 2. The minimum absolute atomic E-state index is 0.232. The fourth-order valence-electron chi connectivity index (χ4n) is 5.27. The molecule has 0 aliphatic rings. The van der Waals surface area contributed by atoms with E-state index in [0.717, 1.165) is 60.4 Å². The normalized spacial score (nSPS) is 12.9. The number of ether oxygens (including phenoxy) is 1. The maximum absolute atomic E-state index is 14.5. The van der Waals surface area contributed by atoms with Gasteiger partial charge in [0.25, 0.3) is 5.91 Å². The molecule has 0 aliphatic carbocycles. The summed E-state index contributed by atoms with van der Waals surface area (Å²) in [4.78, 5) is 43.2. The lowest BCUT2D eigenvalue weighted by Crippen LogP contribution is -2.54. The maximum atomic E-state index is 14.5. The third-order valence-corrected chi connectivity index (χ3v) is 7.67. The van der Waals surface area contributed by atoms with Crippen LogP contribution >= 0.6 is 0 Å². The average Bonchev–Trinajstić information content (AvgIpc) is 2.98. The molecule has 0 heterocycles. The summed E-state index contributed by atoms with van der Waals surface area (Å²) in [5.41, 5.74) is 1.82. The van der Waals surface area contributed by atoms with Crippen molar-refractivity contribution >= 4 is 34.4 Å². The molecule has 7 nitrogen and oxygen atoms in total. The Morgan fingerprint density at radius 2 is 1.50 bits per heavy atom. The second kappa shape index (κ2) is 16.3. The number of unbranched alkanes of at least 4 members (excludes halogenated alkanes) is 4. The van der Waals surface area contributed by atoms with Gasteiger partial charge in [0.2, 0.25) is 5.91 Å². The Kier molecular flexibility index (Phi) is 12.8. The molecule has 3 aromatic rings. The number of benzene rings is 3. The predicted molar refractivity (Wildman–Crippen MR) is 180 cm³/mol. The van der Waals surface area contributed by atoms with E-state index in [4.69, 9.17) is 4.74 Å². The van der Waals surface area contributed by atoms with Gasteiger partial charge in [0.1, 0.15) is 17.7 Å². The van der Waals surface area contributed by atoms with Gasteiger partial charge in [-0.1, -0.05) is 108 Å². The number of rotatable bonds is 14. The zero-order valence-electron chi connectivity index (χ0n) is 27.6. The molecule has 0 bridgehead atoms. The number of carbonyl (C=O) groups excluding carboxylic acids is 3. The minimum atomic E-state index is -0.896. The molecule has 0 saturated heterocycles. The van der Waals surface area contributed by atoms with Gasteiger partial charge in [-0.3, -0.25) is 9.59 Å². The van der Waals surface area contributed by atoms with Crippen LogP contribution in [0.3, 0.4) is 0 Å². The van der Waals surface area contributed by atoms with Gasteiger partial charge in [-0.05, 0) is 73.6 Å². The van der Waals surface area contributed by atoms with Gasteiger partial charge in [0.05, 0.1) is 0 Å². The number of amides is 3. The summed E-state index contributed by atoms with van der Waals surface area (Å²) in [6.07, 6.45) is 5.18. The van der Waals surface area contributed by atoms with Crippen LogP contribution in [0.25, 0.3) is 10.8 Å². The molecule has 3 rings (SSSR count). The third-order valence-electron chi connectivity index (χ3n) is 7.67. The summed E-state index contributed by atoms with van der Waals surface area (Å²) in [6.45, 7) is 13.8. The number of nitrogens with zero attached hydrogens (tertiary/aromatic N) is 1. The first-order chi connectivity index (χ1) is 20.9. The zero-order valence-corrected chi connectivity index (χ0v) is 27.6. The largest absolute Gasteiger partial charge is 0.444 e. The number of anilines is 1. The van der Waals surface area contributed by atoms with Crippen molar-refractivity contribution in [1.29, 1.82) is 0 Å². The Hall–Kier alpha value is -3.87. The molecular weight excluding hydrogens is 550 g/mol. The van der Waals surface area contributed by atoms with Gasteiger partial charge in [-0.2, -0.15) is 0 Å². The lowest BCUT2D eigenvalue weighted by atomic mass is 9.97. The first-order valence-electron chi connectivity index (χ1n) is 16.1. The molecule has 44 heavy (non-hydrogen) atoms. The molecule has 0 saturated carbocycles. The SMILES string of the molecule is CCCCCCCN(C(=O)C(NC(=O)OC(C)(C)C)C(C)C)C(C(=O)Nc1ccc2ccccc2c1)c1ccc(CC)cc1. The summed E-state index contributed by atoms with van der Waals surface area (Å²) in [5.74, 6) is -0.838. The van der Waals surface area contributed by atoms with Gasteiger partial charge in [0.15, 0.2) is 0 Å². The molecule has 0 radical (unpaired) electrons. The van der Waals surface area contributed by atoms with Crippen LogP contribution < -0.4 is 10.6 Å². The van der Waals surface area contributed by atoms with Gasteiger partial charge in [0, 0.05) is 12.2 Å². The van der Waals surface area contributed by atoms with Crippen molar-refractivity contribution in [3.05, 3.63) is 77.9 Å². The maximum Gasteiger partial charge on any atom is 0.408 e. The second-order valence-electron chi connectivity index (χ2n) is 12.9. The molecule has 2 atom stereocenters. The van der Waals surface area contributed by atoms with E-state index in [2.05, 4.69) is 24.5 Å². The average molecular weight is 602 g/mol. The Bertz CT molecular complexity index is 1380. The fourth-order valence-corrected chi connectivity index (χ4v) is 5.27. The van der Waals surface area contributed by atoms with Crippen LogP contribution in [0, 0.1) is 5.92 Å². The molecule has 3 aromatic carbocycles. The summed E-state index contributed by atoms with van der Waals surface area (Å²) < 4.78 is 5.51. The van der Waals surface area contributed by atoms with Crippen molar-refractivity contribution in [2.24, 2.45) is 5.92 Å². The molecule has 0 fully saturated rings. The highest BCUT2D eigenvalue weighted by Gasteiger charge is 2.37. The first kappa shape index (κ1) is 34.6. The Morgan fingerprint density at radius 1 is 0.841 bits per heavy atom. The van der Waals surface area contributed by atoms with Crippen molar-refractivity contribution in [3.63, 3.8) is 0 Å². The molecule has 238 valence electrons. The van der Waals surface area contributed by atoms with Crippen molar-refractivity contribution in [3.8, 4) is 0 Å². The van der Waals surface area contributed by atoms with Gasteiger partial charge >= 0.3 is 6.09 Å². The number of hydrogen-bond donors (Lipinski definition) is 2. The molecule has 3 amide bonds. The molecule has 0 aromatic heterocycles. The number of aryl methyl sites for hydroxylation is 1. The number of hydrogen-bond acceptors (Lipinski definition) is 4. The van der Waals surface area contributed by atoms with Crippen molar-refractivity contribution < 1.29 is 19.1 Å². The Balaban J connectivity index is 2.02. The summed E-state index contributed by atoms with van der Waals surface area (Å²) in [7, 11) is 0. The van der Waals surface area contributed by atoms with Crippen LogP contribution in [-0.4, -0.2) is 41.0 Å². The van der Waals surface area contributed by atoms with Crippen molar-refractivity contribution in [1.82, 2.24) is 10.2 Å². The highest BCUT2D eigenvalue weighted by atomic mass is 16.6. The monoisotopic (exact) mass is 601 g/mol. The smallest absolute Gasteiger partial charge is 0.408 e. The topological polar surface area (TPSA) is 87.7 Å². The molecule has 0 aliphatic heterocycles. The highest BCUT2D eigenvalue weighted by molar-refractivity contribution is 6.00. The first-order valence-corrected chi connectivity index (χ1v) is 16.1. The van der Waals surface area contributed by atoms with E-state index in [1.807, 2.05) is 80.6 Å². The fraction of sp³-hybridized carbons (Fsp3) is 0.486. The summed E-state index contributed by atoms with van der Waals surface area (Å²) in [6, 6.07) is 19.9. The molecular formula is C37H51N3O4. The molecule has 2 N–H and O–H groups in total. The Morgan fingerprint density at radius 3 is 2.11 bits per heavy atom. The minimum Gasteiger partial charge on any atom is -0.444 e. The highest BCUT2D eigenvalue weighted by Crippen LogP contribution is 2.28. The summed E-state index contributed by atoms with van der Waals surface area (Å²) in [5, 5.41) is 8.01. The second-order valence-corrected chi connectivity index (χ2v) is 12.9. The van der Waals surface area contributed by atoms with Gasteiger partial charge in [-0.15, -0.1) is 0 Å². The van der Waals surface area contributed by atoms with Crippen LogP contribution in [0.2, 0.25) is 0 Å². The van der Waals surface area contributed by atoms with Crippen LogP contribution in [0.4, 0.5) is 10.5 Å². The van der Waals surface area contributed by atoms with E-state index in [1.165, 1.54) is 0 Å². The van der Waals surface area contributed by atoms with Crippen LogP contribution in [0.1, 0.15) is 97.7 Å². The predicted octanol–water partition coefficient (Wildman–Crippen LogP) is 8.43. The van der Waals surface area contributed by atoms with E-state index >= 15 is 0 Å². The van der Waals surface area contributed by atoms with Gasteiger partial charge < -0.3 is 20.3 Å². The van der Waals surface area contributed by atoms with Crippen molar-refractivity contribution in [2.75, 3.05) is 11.9 Å². The summed E-state index contributed by atoms with van der Waals surface area (Å²) >= 11 is 0. The molecule has 2 unspecified atom stereocenters. The standard InChI is InChI=1S/C37H51N3O4/c1-8-10-11-12-15-24-40(35(42)32(26(3)4)39-36(43)44-37(5,6)7)33(29-20-18-27(9-2)19-21-29)34(41)38-31-23-22-28-16-13-14-17-30(28)25-31/h13-14,16-23,25-26,32-33H,8-12,15,24H2,1-7H3,(H,38,41)(H,39,43). The molecule has 7 heteroatoms. The van der Waals surface area contributed by atoms with E-state index in [9.17, 15) is 14.4 Å². The van der Waals surface area contributed by atoms with Crippen LogP contribution in [0.5, 0.6) is 0 Å². The third kappa shape index (κ3) is 10.1. The molecule has 0 spiro atoms.